The van der Waals surface area contributed by atoms with E-state index in [0.29, 0.717) is 6.54 Å². The van der Waals surface area contributed by atoms with E-state index in [-0.39, 0.29) is 23.8 Å². The highest BCUT2D eigenvalue weighted by atomic mass is 16.2. The van der Waals surface area contributed by atoms with Crippen molar-refractivity contribution in [1.82, 2.24) is 5.32 Å². The third-order valence-electron chi connectivity index (χ3n) is 3.58. The Morgan fingerprint density at radius 3 is 2.18 bits per heavy atom. The zero-order valence-electron chi connectivity index (χ0n) is 14.4. The van der Waals surface area contributed by atoms with Crippen molar-refractivity contribution in [1.29, 1.82) is 0 Å². The van der Waals surface area contributed by atoms with Crippen LogP contribution in [0, 0.1) is 0 Å². The van der Waals surface area contributed by atoms with Gasteiger partial charge in [0.15, 0.2) is 0 Å². The van der Waals surface area contributed by atoms with Crippen LogP contribution in [-0.2, 0) is 15.0 Å². The fourth-order valence-electron chi connectivity index (χ4n) is 2.13. The van der Waals surface area contributed by atoms with E-state index in [4.69, 9.17) is 0 Å². The minimum Gasteiger partial charge on any atom is -0.355 e. The zero-order chi connectivity index (χ0) is 16.8. The molecule has 0 aliphatic carbocycles. The number of anilines is 1. The number of benzene rings is 1. The van der Waals surface area contributed by atoms with Gasteiger partial charge in [0.25, 0.3) is 0 Å². The molecule has 0 aromatic heterocycles. The Bertz CT molecular complexity index is 501. The van der Waals surface area contributed by atoms with Crippen molar-refractivity contribution in [2.75, 3.05) is 18.0 Å². The van der Waals surface area contributed by atoms with Gasteiger partial charge in [0.1, 0.15) is 6.54 Å². The van der Waals surface area contributed by atoms with Crippen molar-refractivity contribution in [3.8, 4) is 0 Å². The summed E-state index contributed by atoms with van der Waals surface area (Å²) in [6, 6.07) is 7.84. The predicted octanol–water partition coefficient (Wildman–Crippen LogP) is 3.25. The van der Waals surface area contributed by atoms with Gasteiger partial charge in [0.2, 0.25) is 11.8 Å². The molecule has 22 heavy (non-hydrogen) atoms. The van der Waals surface area contributed by atoms with E-state index in [9.17, 15) is 9.59 Å². The van der Waals surface area contributed by atoms with Gasteiger partial charge >= 0.3 is 0 Å². The van der Waals surface area contributed by atoms with Crippen LogP contribution >= 0.6 is 0 Å². The van der Waals surface area contributed by atoms with Crippen molar-refractivity contribution in [3.05, 3.63) is 29.8 Å². The number of rotatable bonds is 6. The van der Waals surface area contributed by atoms with Crippen molar-refractivity contribution in [2.45, 2.75) is 52.9 Å². The number of nitrogens with one attached hydrogen (secondary N) is 1. The van der Waals surface area contributed by atoms with Gasteiger partial charge in [-0.3, -0.25) is 9.59 Å². The summed E-state index contributed by atoms with van der Waals surface area (Å²) in [5.74, 6) is -0.252. The molecule has 2 amide bonds. The lowest BCUT2D eigenvalue weighted by molar-refractivity contribution is -0.123. The molecule has 0 bridgehead atoms. The van der Waals surface area contributed by atoms with Gasteiger partial charge in [-0.2, -0.15) is 0 Å². The Kier molecular flexibility index (Phi) is 6.60. The maximum atomic E-state index is 11.9. The molecule has 0 atom stereocenters. The van der Waals surface area contributed by atoms with E-state index >= 15 is 0 Å². The lowest BCUT2D eigenvalue weighted by atomic mass is 9.87. The van der Waals surface area contributed by atoms with Crippen LogP contribution in [0.3, 0.4) is 0 Å². The largest absolute Gasteiger partial charge is 0.355 e. The first-order chi connectivity index (χ1) is 10.3. The summed E-state index contributed by atoms with van der Waals surface area (Å²) in [5, 5.41) is 2.84. The number of carbonyl (C=O) groups excluding carboxylic acids is 2. The van der Waals surface area contributed by atoms with Gasteiger partial charge in [-0.05, 0) is 29.5 Å². The fourth-order valence-corrected chi connectivity index (χ4v) is 2.13. The number of unbranched alkanes of at least 4 members (excludes halogenated alkanes) is 1. The quantitative estimate of drug-likeness (QED) is 0.820. The highest BCUT2D eigenvalue weighted by Gasteiger charge is 2.17. The molecular weight excluding hydrogens is 276 g/mol. The average molecular weight is 304 g/mol. The summed E-state index contributed by atoms with van der Waals surface area (Å²) < 4.78 is 0. The van der Waals surface area contributed by atoms with Crippen LogP contribution in [-0.4, -0.2) is 24.9 Å². The molecule has 0 unspecified atom stereocenters. The van der Waals surface area contributed by atoms with Gasteiger partial charge in [-0.15, -0.1) is 0 Å². The summed E-state index contributed by atoms with van der Waals surface area (Å²) >= 11 is 0. The molecule has 0 aliphatic rings. The summed E-state index contributed by atoms with van der Waals surface area (Å²) in [6.45, 7) is 10.7. The molecule has 0 saturated carbocycles. The summed E-state index contributed by atoms with van der Waals surface area (Å²) in [5.41, 5.74) is 2.02. The van der Waals surface area contributed by atoms with Crippen LogP contribution in [0.25, 0.3) is 0 Å². The van der Waals surface area contributed by atoms with Crippen LogP contribution in [0.5, 0.6) is 0 Å². The van der Waals surface area contributed by atoms with Crippen LogP contribution in [0.2, 0.25) is 0 Å². The number of nitrogens with zero attached hydrogens (tertiary/aromatic N) is 1. The van der Waals surface area contributed by atoms with Gasteiger partial charge in [0, 0.05) is 19.2 Å². The van der Waals surface area contributed by atoms with Gasteiger partial charge < -0.3 is 10.2 Å². The summed E-state index contributed by atoms with van der Waals surface area (Å²) in [7, 11) is 0. The third kappa shape index (κ3) is 5.51. The second-order valence-corrected chi connectivity index (χ2v) is 6.61. The molecule has 122 valence electrons. The van der Waals surface area contributed by atoms with E-state index < -0.39 is 0 Å². The molecule has 1 rings (SSSR count). The van der Waals surface area contributed by atoms with E-state index in [1.807, 2.05) is 24.3 Å². The van der Waals surface area contributed by atoms with Crippen molar-refractivity contribution >= 4 is 17.5 Å². The number of hydrogen-bond donors (Lipinski definition) is 1. The second kappa shape index (κ2) is 7.97. The zero-order valence-corrected chi connectivity index (χ0v) is 14.4. The molecule has 1 N–H and O–H groups in total. The first-order valence-electron chi connectivity index (χ1n) is 7.91. The fraction of sp³-hybridized carbons (Fsp3) is 0.556. The molecule has 1 aromatic carbocycles. The Morgan fingerprint density at radius 1 is 1.14 bits per heavy atom. The molecule has 0 fully saturated rings. The predicted molar refractivity (Wildman–Crippen MR) is 91.1 cm³/mol. The highest BCUT2D eigenvalue weighted by molar-refractivity contribution is 5.97. The molecule has 0 heterocycles. The highest BCUT2D eigenvalue weighted by Crippen LogP contribution is 2.24. The average Bonchev–Trinajstić information content (AvgIpc) is 2.44. The topological polar surface area (TPSA) is 49.4 Å². The van der Waals surface area contributed by atoms with Crippen LogP contribution in [0.1, 0.15) is 53.0 Å². The third-order valence-corrected chi connectivity index (χ3v) is 3.58. The van der Waals surface area contributed by atoms with Crippen LogP contribution in [0.4, 0.5) is 5.69 Å². The van der Waals surface area contributed by atoms with Gasteiger partial charge in [0.05, 0.1) is 0 Å². The van der Waals surface area contributed by atoms with Gasteiger partial charge in [-0.25, -0.2) is 0 Å². The minimum absolute atomic E-state index is 0.0634. The molecule has 1 aromatic rings. The van der Waals surface area contributed by atoms with E-state index in [2.05, 4.69) is 33.0 Å². The molecule has 0 saturated heterocycles. The molecule has 4 nitrogen and oxygen atoms in total. The van der Waals surface area contributed by atoms with Crippen molar-refractivity contribution < 1.29 is 9.59 Å². The van der Waals surface area contributed by atoms with Crippen molar-refractivity contribution in [3.63, 3.8) is 0 Å². The molecule has 0 radical (unpaired) electrons. The maximum Gasteiger partial charge on any atom is 0.240 e. The molecule has 4 heteroatoms. The molecular formula is C18H28N2O2. The monoisotopic (exact) mass is 304 g/mol. The summed E-state index contributed by atoms with van der Waals surface area (Å²) in [6.07, 6.45) is 1.98. The van der Waals surface area contributed by atoms with Gasteiger partial charge in [-0.1, -0.05) is 46.2 Å². The summed E-state index contributed by atoms with van der Waals surface area (Å²) in [4.78, 5) is 25.3. The Labute approximate surface area is 133 Å². The Hall–Kier alpha value is -1.84. The SMILES string of the molecule is CCCCNC(=O)CN(C(C)=O)c1ccc(C(C)(C)C)cc1. The standard InChI is InChI=1S/C18H28N2O2/c1-6-7-12-19-17(22)13-20(14(2)21)16-10-8-15(9-11-16)18(3,4)5/h8-11H,6-7,12-13H2,1-5H3,(H,19,22). The number of hydrogen-bond acceptors (Lipinski definition) is 2. The van der Waals surface area contributed by atoms with Crippen molar-refractivity contribution in [2.24, 2.45) is 0 Å². The van der Waals surface area contributed by atoms with E-state index in [0.717, 1.165) is 18.5 Å². The molecule has 0 spiro atoms. The van der Waals surface area contributed by atoms with Crippen LogP contribution < -0.4 is 10.2 Å². The second-order valence-electron chi connectivity index (χ2n) is 6.61. The first-order valence-corrected chi connectivity index (χ1v) is 7.91. The Morgan fingerprint density at radius 2 is 1.73 bits per heavy atom. The minimum atomic E-state index is -0.130. The van der Waals surface area contributed by atoms with Crippen LogP contribution in [0.15, 0.2) is 24.3 Å². The Balaban J connectivity index is 2.79. The smallest absolute Gasteiger partial charge is 0.240 e. The number of carbonyl (C=O) groups is 2. The lowest BCUT2D eigenvalue weighted by Crippen LogP contribution is -2.40. The van der Waals surface area contributed by atoms with E-state index in [1.54, 1.807) is 0 Å². The number of amides is 2. The first kappa shape index (κ1) is 18.2. The lowest BCUT2D eigenvalue weighted by Gasteiger charge is -2.23. The normalized spacial score (nSPS) is 11.1. The maximum absolute atomic E-state index is 11.9. The van der Waals surface area contributed by atoms with E-state index in [1.165, 1.54) is 17.4 Å². The molecule has 0 aliphatic heterocycles.